The summed E-state index contributed by atoms with van der Waals surface area (Å²) in [6, 6.07) is 17.6. The van der Waals surface area contributed by atoms with Gasteiger partial charge in [-0.3, -0.25) is 4.79 Å². The van der Waals surface area contributed by atoms with Crippen LogP contribution in [0.4, 0.5) is 0 Å². The second kappa shape index (κ2) is 6.37. The molecule has 1 aromatic heterocycles. The van der Waals surface area contributed by atoms with Crippen LogP contribution in [0.2, 0.25) is 0 Å². The Morgan fingerprint density at radius 2 is 1.90 bits per heavy atom. The minimum Gasteiger partial charge on any atom is -0.489 e. The first-order valence-corrected chi connectivity index (χ1v) is 7.59. The Bertz CT molecular complexity index is 732. The average molecular weight is 294 g/mol. The zero-order valence-corrected chi connectivity index (χ0v) is 12.2. The number of thiophene rings is 1. The Labute approximate surface area is 127 Å². The third kappa shape index (κ3) is 3.38. The topological polar surface area (TPSA) is 26.3 Å². The second-order valence-corrected chi connectivity index (χ2v) is 5.47. The van der Waals surface area contributed by atoms with Gasteiger partial charge in [0.1, 0.15) is 18.6 Å². The molecule has 0 aliphatic rings. The van der Waals surface area contributed by atoms with Crippen molar-refractivity contribution in [3.05, 3.63) is 76.5 Å². The summed E-state index contributed by atoms with van der Waals surface area (Å²) in [5, 5.41) is 4.21. The van der Waals surface area contributed by atoms with Crippen LogP contribution in [-0.2, 0) is 6.61 Å². The molecule has 0 spiro atoms. The van der Waals surface area contributed by atoms with Crippen molar-refractivity contribution in [1.82, 2.24) is 0 Å². The zero-order valence-electron chi connectivity index (χ0n) is 11.4. The SMILES string of the molecule is O=Cc1cccc(OCc2cccc(-c3ccsc3)c2)c1. The maximum atomic E-state index is 10.8. The van der Waals surface area contributed by atoms with E-state index in [1.165, 1.54) is 11.1 Å². The molecule has 0 radical (unpaired) electrons. The maximum absolute atomic E-state index is 10.8. The van der Waals surface area contributed by atoms with Crippen molar-refractivity contribution in [2.45, 2.75) is 6.61 Å². The molecular formula is C18H14O2S. The Morgan fingerprint density at radius 3 is 2.71 bits per heavy atom. The lowest BCUT2D eigenvalue weighted by Gasteiger charge is -2.08. The molecule has 2 nitrogen and oxygen atoms in total. The van der Waals surface area contributed by atoms with E-state index in [4.69, 9.17) is 4.74 Å². The Hall–Kier alpha value is -2.39. The van der Waals surface area contributed by atoms with Crippen molar-refractivity contribution in [2.75, 3.05) is 0 Å². The summed E-state index contributed by atoms with van der Waals surface area (Å²) < 4.78 is 5.75. The van der Waals surface area contributed by atoms with Crippen LogP contribution < -0.4 is 4.74 Å². The van der Waals surface area contributed by atoms with E-state index in [2.05, 4.69) is 29.0 Å². The molecule has 3 aromatic rings. The smallest absolute Gasteiger partial charge is 0.150 e. The molecule has 3 heteroatoms. The number of hydrogen-bond donors (Lipinski definition) is 0. The van der Waals surface area contributed by atoms with E-state index in [9.17, 15) is 4.79 Å². The van der Waals surface area contributed by atoms with Gasteiger partial charge >= 0.3 is 0 Å². The van der Waals surface area contributed by atoms with Crippen molar-refractivity contribution in [3.8, 4) is 16.9 Å². The summed E-state index contributed by atoms with van der Waals surface area (Å²) in [6.45, 7) is 0.486. The quantitative estimate of drug-likeness (QED) is 0.631. The maximum Gasteiger partial charge on any atom is 0.150 e. The van der Waals surface area contributed by atoms with Gasteiger partial charge in [0.2, 0.25) is 0 Å². The zero-order chi connectivity index (χ0) is 14.5. The Kier molecular flexibility index (Phi) is 4.12. The molecule has 0 aliphatic carbocycles. The average Bonchev–Trinajstić information content (AvgIpc) is 3.08. The third-order valence-corrected chi connectivity index (χ3v) is 3.86. The van der Waals surface area contributed by atoms with E-state index in [0.29, 0.717) is 17.9 Å². The highest BCUT2D eigenvalue weighted by Crippen LogP contribution is 2.23. The summed E-state index contributed by atoms with van der Waals surface area (Å²) in [6.07, 6.45) is 0.823. The molecule has 2 aromatic carbocycles. The van der Waals surface area contributed by atoms with E-state index >= 15 is 0 Å². The van der Waals surface area contributed by atoms with E-state index in [-0.39, 0.29) is 0 Å². The predicted octanol–water partition coefficient (Wildman–Crippen LogP) is 4.81. The van der Waals surface area contributed by atoms with Gasteiger partial charge in [0, 0.05) is 5.56 Å². The van der Waals surface area contributed by atoms with E-state index < -0.39 is 0 Å². The lowest BCUT2D eigenvalue weighted by Crippen LogP contribution is -1.96. The fourth-order valence-electron chi connectivity index (χ4n) is 2.11. The largest absolute Gasteiger partial charge is 0.489 e. The van der Waals surface area contributed by atoms with Gasteiger partial charge in [-0.05, 0) is 51.7 Å². The van der Waals surface area contributed by atoms with Gasteiger partial charge in [-0.25, -0.2) is 0 Å². The van der Waals surface area contributed by atoms with Crippen LogP contribution in [0.25, 0.3) is 11.1 Å². The number of benzene rings is 2. The van der Waals surface area contributed by atoms with Gasteiger partial charge in [0.25, 0.3) is 0 Å². The van der Waals surface area contributed by atoms with Crippen molar-refractivity contribution >= 4 is 17.6 Å². The molecule has 0 atom stereocenters. The van der Waals surface area contributed by atoms with Crippen molar-refractivity contribution < 1.29 is 9.53 Å². The van der Waals surface area contributed by atoms with Crippen molar-refractivity contribution in [1.29, 1.82) is 0 Å². The highest BCUT2D eigenvalue weighted by atomic mass is 32.1. The first-order valence-electron chi connectivity index (χ1n) is 6.65. The molecule has 104 valence electrons. The van der Waals surface area contributed by atoms with E-state index in [0.717, 1.165) is 11.8 Å². The summed E-state index contributed by atoms with van der Waals surface area (Å²) >= 11 is 1.69. The lowest BCUT2D eigenvalue weighted by molar-refractivity contribution is 0.112. The summed E-state index contributed by atoms with van der Waals surface area (Å²) in [5.41, 5.74) is 4.15. The molecule has 0 unspecified atom stereocenters. The second-order valence-electron chi connectivity index (χ2n) is 4.69. The minimum atomic E-state index is 0.486. The van der Waals surface area contributed by atoms with Crippen LogP contribution in [0.1, 0.15) is 15.9 Å². The normalized spacial score (nSPS) is 10.3. The van der Waals surface area contributed by atoms with Crippen LogP contribution in [0.5, 0.6) is 5.75 Å². The molecular weight excluding hydrogens is 280 g/mol. The van der Waals surface area contributed by atoms with Crippen LogP contribution in [0, 0.1) is 0 Å². The van der Waals surface area contributed by atoms with Gasteiger partial charge in [-0.1, -0.05) is 30.3 Å². The Morgan fingerprint density at radius 1 is 1.00 bits per heavy atom. The van der Waals surface area contributed by atoms with Crippen LogP contribution in [-0.4, -0.2) is 6.29 Å². The summed E-state index contributed by atoms with van der Waals surface area (Å²) in [5.74, 6) is 0.709. The molecule has 0 fully saturated rings. The molecule has 0 aliphatic heterocycles. The molecule has 21 heavy (non-hydrogen) atoms. The number of carbonyl (C=O) groups excluding carboxylic acids is 1. The first-order chi connectivity index (χ1) is 10.3. The van der Waals surface area contributed by atoms with Gasteiger partial charge in [-0.15, -0.1) is 0 Å². The third-order valence-electron chi connectivity index (χ3n) is 3.18. The molecule has 0 N–H and O–H groups in total. The lowest BCUT2D eigenvalue weighted by atomic mass is 10.1. The van der Waals surface area contributed by atoms with Crippen molar-refractivity contribution in [2.24, 2.45) is 0 Å². The molecule has 3 rings (SSSR count). The molecule has 0 amide bonds. The fraction of sp³-hybridized carbons (Fsp3) is 0.0556. The number of carbonyl (C=O) groups is 1. The van der Waals surface area contributed by atoms with Gasteiger partial charge < -0.3 is 4.74 Å². The van der Waals surface area contributed by atoms with Gasteiger partial charge in [0.05, 0.1) is 0 Å². The van der Waals surface area contributed by atoms with E-state index in [1.54, 1.807) is 23.5 Å². The Balaban J connectivity index is 1.73. The molecule has 0 bridgehead atoms. The molecule has 0 saturated heterocycles. The van der Waals surface area contributed by atoms with Gasteiger partial charge in [0.15, 0.2) is 0 Å². The summed E-state index contributed by atoms with van der Waals surface area (Å²) in [7, 11) is 0. The molecule has 1 heterocycles. The number of rotatable bonds is 5. The van der Waals surface area contributed by atoms with Crippen LogP contribution in [0.15, 0.2) is 65.4 Å². The fourth-order valence-corrected chi connectivity index (χ4v) is 2.78. The predicted molar refractivity (Wildman–Crippen MR) is 85.9 cm³/mol. The summed E-state index contributed by atoms with van der Waals surface area (Å²) in [4.78, 5) is 10.8. The highest BCUT2D eigenvalue weighted by Gasteiger charge is 2.01. The standard InChI is InChI=1S/C18H14O2S/c19-11-14-3-2-6-18(10-14)20-12-15-4-1-5-16(9-15)17-7-8-21-13-17/h1-11,13H,12H2. The number of hydrogen-bond acceptors (Lipinski definition) is 3. The van der Waals surface area contributed by atoms with Crippen LogP contribution >= 0.6 is 11.3 Å². The van der Waals surface area contributed by atoms with Crippen LogP contribution in [0.3, 0.4) is 0 Å². The monoisotopic (exact) mass is 294 g/mol. The van der Waals surface area contributed by atoms with E-state index in [1.807, 2.05) is 24.3 Å². The first kappa shape index (κ1) is 13.6. The number of aldehydes is 1. The number of ether oxygens (including phenoxy) is 1. The minimum absolute atomic E-state index is 0.486. The highest BCUT2D eigenvalue weighted by molar-refractivity contribution is 7.08. The van der Waals surface area contributed by atoms with Gasteiger partial charge in [-0.2, -0.15) is 11.3 Å². The van der Waals surface area contributed by atoms with Crippen molar-refractivity contribution in [3.63, 3.8) is 0 Å². The molecule has 0 saturated carbocycles.